The van der Waals surface area contributed by atoms with Crippen molar-refractivity contribution < 1.29 is 9.59 Å². The third-order valence-electron chi connectivity index (χ3n) is 4.19. The van der Waals surface area contributed by atoms with E-state index in [2.05, 4.69) is 6.92 Å². The molecule has 0 radical (unpaired) electrons. The first kappa shape index (κ1) is 13.3. The van der Waals surface area contributed by atoms with Gasteiger partial charge in [-0.15, -0.1) is 0 Å². The van der Waals surface area contributed by atoms with E-state index >= 15 is 0 Å². The number of likely N-dealkylation sites (tertiary alicyclic amines) is 1. The van der Waals surface area contributed by atoms with Crippen LogP contribution in [0.15, 0.2) is 0 Å². The van der Waals surface area contributed by atoms with Crippen LogP contribution in [0.4, 0.5) is 0 Å². The van der Waals surface area contributed by atoms with Gasteiger partial charge < -0.3 is 4.90 Å². The van der Waals surface area contributed by atoms with Crippen LogP contribution in [-0.2, 0) is 9.59 Å². The van der Waals surface area contributed by atoms with E-state index in [1.165, 1.54) is 12.8 Å². The third-order valence-corrected chi connectivity index (χ3v) is 5.07. The standard InChI is InChI=1S/C13H20INO2/c1-9-2-4-10(5-3-9)13(17)15-7-6-11(8-15)12(14)16/h9-11H,2-8H2,1H3/t9?,10?,11-/m1/s1. The molecule has 0 aromatic heterocycles. The number of nitrogens with zero attached hydrogens (tertiary/aromatic N) is 1. The van der Waals surface area contributed by atoms with Gasteiger partial charge in [-0.2, -0.15) is 0 Å². The average molecular weight is 349 g/mol. The minimum atomic E-state index is 0.0852. The molecular weight excluding hydrogens is 329 g/mol. The number of carbonyl (C=O) groups is 2. The first-order valence-corrected chi connectivity index (χ1v) is 7.64. The molecule has 1 saturated heterocycles. The van der Waals surface area contributed by atoms with Gasteiger partial charge in [0.2, 0.25) is 5.91 Å². The summed E-state index contributed by atoms with van der Waals surface area (Å²) in [4.78, 5) is 25.5. The monoisotopic (exact) mass is 349 g/mol. The summed E-state index contributed by atoms with van der Waals surface area (Å²) >= 11 is 1.86. The van der Waals surface area contributed by atoms with Crippen molar-refractivity contribution >= 4 is 32.3 Å². The average Bonchev–Trinajstić information content (AvgIpc) is 2.78. The summed E-state index contributed by atoms with van der Waals surface area (Å²) in [6, 6.07) is 0. The summed E-state index contributed by atoms with van der Waals surface area (Å²) in [5, 5.41) is 0. The molecule has 17 heavy (non-hydrogen) atoms. The molecule has 2 fully saturated rings. The molecule has 1 aliphatic carbocycles. The van der Waals surface area contributed by atoms with Crippen molar-refractivity contribution in [1.82, 2.24) is 4.90 Å². The van der Waals surface area contributed by atoms with Gasteiger partial charge >= 0.3 is 0 Å². The molecule has 0 spiro atoms. The van der Waals surface area contributed by atoms with Crippen LogP contribution in [0.25, 0.3) is 0 Å². The molecule has 3 nitrogen and oxygen atoms in total. The molecule has 1 amide bonds. The van der Waals surface area contributed by atoms with E-state index in [0.29, 0.717) is 12.5 Å². The van der Waals surface area contributed by atoms with E-state index in [9.17, 15) is 9.59 Å². The van der Waals surface area contributed by atoms with Crippen molar-refractivity contribution in [2.75, 3.05) is 13.1 Å². The van der Waals surface area contributed by atoms with Gasteiger partial charge in [0.25, 0.3) is 0 Å². The fourth-order valence-electron chi connectivity index (χ4n) is 2.91. The van der Waals surface area contributed by atoms with Crippen LogP contribution in [0.1, 0.15) is 39.0 Å². The first-order chi connectivity index (χ1) is 8.08. The second-order valence-electron chi connectivity index (χ2n) is 5.53. The fourth-order valence-corrected chi connectivity index (χ4v) is 3.42. The number of rotatable bonds is 2. The Labute approximate surface area is 116 Å². The fraction of sp³-hybridized carbons (Fsp3) is 0.846. The molecular formula is C13H20INO2. The van der Waals surface area contributed by atoms with Gasteiger partial charge in [-0.1, -0.05) is 6.92 Å². The molecule has 1 saturated carbocycles. The van der Waals surface area contributed by atoms with Crippen LogP contribution in [0, 0.1) is 17.8 Å². The van der Waals surface area contributed by atoms with E-state index in [1.54, 1.807) is 0 Å². The quantitative estimate of drug-likeness (QED) is 0.568. The van der Waals surface area contributed by atoms with E-state index in [0.717, 1.165) is 31.7 Å². The van der Waals surface area contributed by atoms with Gasteiger partial charge in [-0.3, -0.25) is 9.59 Å². The Morgan fingerprint density at radius 1 is 1.06 bits per heavy atom. The molecule has 1 heterocycles. The maximum absolute atomic E-state index is 12.3. The minimum absolute atomic E-state index is 0.0852. The number of hydrogen-bond acceptors (Lipinski definition) is 2. The highest BCUT2D eigenvalue weighted by atomic mass is 127. The Hall–Kier alpha value is -0.130. The highest BCUT2D eigenvalue weighted by molar-refractivity contribution is 14.1. The number of hydrogen-bond donors (Lipinski definition) is 0. The van der Waals surface area contributed by atoms with Crippen LogP contribution in [0.2, 0.25) is 0 Å². The molecule has 96 valence electrons. The van der Waals surface area contributed by atoms with Crippen molar-refractivity contribution in [3.63, 3.8) is 0 Å². The van der Waals surface area contributed by atoms with Gasteiger partial charge in [-0.05, 0) is 60.6 Å². The number of carbonyl (C=O) groups excluding carboxylic acids is 2. The highest BCUT2D eigenvalue weighted by Gasteiger charge is 2.34. The van der Waals surface area contributed by atoms with Crippen LogP contribution >= 0.6 is 22.6 Å². The Bertz CT molecular complexity index is 311. The predicted molar refractivity (Wildman–Crippen MR) is 74.8 cm³/mol. The topological polar surface area (TPSA) is 37.4 Å². The maximum atomic E-state index is 12.3. The SMILES string of the molecule is CC1CCC(C(=O)N2CC[C@@H](C(=O)I)C2)CC1. The lowest BCUT2D eigenvalue weighted by molar-refractivity contribution is -0.135. The first-order valence-electron chi connectivity index (χ1n) is 6.56. The lowest BCUT2D eigenvalue weighted by atomic mass is 9.82. The van der Waals surface area contributed by atoms with Gasteiger partial charge in [0.05, 0.1) is 0 Å². The molecule has 0 bridgehead atoms. The van der Waals surface area contributed by atoms with Crippen LogP contribution in [-0.4, -0.2) is 27.7 Å². The Balaban J connectivity index is 1.86. The lowest BCUT2D eigenvalue weighted by Crippen LogP contribution is -2.36. The second kappa shape index (κ2) is 5.67. The highest BCUT2D eigenvalue weighted by Crippen LogP contribution is 2.31. The van der Waals surface area contributed by atoms with Gasteiger partial charge in [0.1, 0.15) is 0 Å². The van der Waals surface area contributed by atoms with Crippen molar-refractivity contribution in [2.24, 2.45) is 17.8 Å². The third kappa shape index (κ3) is 3.20. The molecule has 0 aromatic rings. The Morgan fingerprint density at radius 3 is 2.24 bits per heavy atom. The van der Waals surface area contributed by atoms with Crippen LogP contribution in [0.5, 0.6) is 0 Å². The maximum Gasteiger partial charge on any atom is 0.225 e. The van der Waals surface area contributed by atoms with E-state index in [-0.39, 0.29) is 15.6 Å². The van der Waals surface area contributed by atoms with E-state index in [4.69, 9.17) is 0 Å². The van der Waals surface area contributed by atoms with Gasteiger partial charge in [0.15, 0.2) is 3.79 Å². The van der Waals surface area contributed by atoms with Crippen molar-refractivity contribution in [3.8, 4) is 0 Å². The lowest BCUT2D eigenvalue weighted by Gasteiger charge is -2.28. The zero-order chi connectivity index (χ0) is 12.4. The minimum Gasteiger partial charge on any atom is -0.342 e. The zero-order valence-electron chi connectivity index (χ0n) is 10.3. The molecule has 0 unspecified atom stereocenters. The Morgan fingerprint density at radius 2 is 1.71 bits per heavy atom. The number of halogens is 1. The summed E-state index contributed by atoms with van der Waals surface area (Å²) in [5.41, 5.74) is 0. The van der Waals surface area contributed by atoms with Crippen molar-refractivity contribution in [3.05, 3.63) is 0 Å². The Kier molecular flexibility index (Phi) is 4.44. The molecule has 0 aromatic carbocycles. The summed E-state index contributed by atoms with van der Waals surface area (Å²) in [6.07, 6.45) is 5.30. The summed E-state index contributed by atoms with van der Waals surface area (Å²) < 4.78 is 0.204. The molecule has 4 heteroatoms. The zero-order valence-corrected chi connectivity index (χ0v) is 12.5. The van der Waals surface area contributed by atoms with Crippen molar-refractivity contribution in [1.29, 1.82) is 0 Å². The normalized spacial score (nSPS) is 33.8. The molecule has 2 aliphatic rings. The van der Waals surface area contributed by atoms with Gasteiger partial charge in [0, 0.05) is 24.9 Å². The number of amides is 1. The molecule has 1 aliphatic heterocycles. The summed E-state index contributed by atoms with van der Waals surface area (Å²) in [5.74, 6) is 1.40. The second-order valence-corrected chi connectivity index (χ2v) is 6.59. The van der Waals surface area contributed by atoms with Crippen LogP contribution in [0.3, 0.4) is 0 Å². The molecule has 1 atom stereocenters. The van der Waals surface area contributed by atoms with E-state index in [1.807, 2.05) is 27.5 Å². The largest absolute Gasteiger partial charge is 0.342 e. The smallest absolute Gasteiger partial charge is 0.225 e. The van der Waals surface area contributed by atoms with Crippen LogP contribution < -0.4 is 0 Å². The predicted octanol–water partition coefficient (Wildman–Crippen LogP) is 2.62. The summed E-state index contributed by atoms with van der Waals surface area (Å²) in [7, 11) is 0. The van der Waals surface area contributed by atoms with Crippen molar-refractivity contribution in [2.45, 2.75) is 39.0 Å². The molecule has 0 N–H and O–H groups in total. The van der Waals surface area contributed by atoms with Gasteiger partial charge in [-0.25, -0.2) is 0 Å². The van der Waals surface area contributed by atoms with E-state index < -0.39 is 0 Å². The summed E-state index contributed by atoms with van der Waals surface area (Å²) in [6.45, 7) is 3.71. The molecule has 2 rings (SSSR count).